The number of nitro benzene ring substituents is 1. The Kier molecular flexibility index (Phi) is 9.27. The Labute approximate surface area is 234 Å². The molecule has 4 rings (SSSR count). The Balaban J connectivity index is 1.72. The van der Waals surface area contributed by atoms with E-state index in [2.05, 4.69) is 70.7 Å². The van der Waals surface area contributed by atoms with Crippen molar-refractivity contribution in [2.75, 3.05) is 6.61 Å². The van der Waals surface area contributed by atoms with Crippen LogP contribution >= 0.6 is 0 Å². The van der Waals surface area contributed by atoms with Gasteiger partial charge in [0.25, 0.3) is 5.69 Å². The van der Waals surface area contributed by atoms with Crippen molar-refractivity contribution in [1.29, 1.82) is 0 Å². The molecule has 3 aromatic rings. The first-order chi connectivity index (χ1) is 18.9. The first kappa shape index (κ1) is 28.6. The van der Waals surface area contributed by atoms with Crippen molar-refractivity contribution in [3.63, 3.8) is 0 Å². The molecule has 39 heavy (non-hydrogen) atoms. The smallest absolute Gasteiger partial charge is 0.269 e. The van der Waals surface area contributed by atoms with E-state index in [0.717, 1.165) is 72.3 Å². The molecular weight excluding hydrogens is 482 g/mol. The molecule has 1 unspecified atom stereocenters. The van der Waals surface area contributed by atoms with Gasteiger partial charge in [-0.2, -0.15) is 0 Å². The zero-order chi connectivity index (χ0) is 28.0. The van der Waals surface area contributed by atoms with Crippen LogP contribution in [0.25, 0.3) is 28.3 Å². The number of hydrogen-bond donors (Lipinski definition) is 0. The fraction of sp³-hybridized carbons (Fsp3) is 0.429. The second kappa shape index (κ2) is 12.6. The normalized spacial score (nSPS) is 13.9. The molecule has 0 spiro atoms. The molecule has 1 aliphatic rings. The average molecular weight is 526 g/mol. The predicted molar refractivity (Wildman–Crippen MR) is 163 cm³/mol. The van der Waals surface area contributed by atoms with E-state index >= 15 is 0 Å². The molecule has 0 saturated heterocycles. The molecule has 0 amide bonds. The number of non-ortho nitro benzene ring substituents is 1. The maximum absolute atomic E-state index is 11.7. The van der Waals surface area contributed by atoms with E-state index in [1.807, 2.05) is 18.2 Å². The third-order valence-electron chi connectivity index (χ3n) is 8.49. The van der Waals surface area contributed by atoms with Crippen LogP contribution in [0.2, 0.25) is 0 Å². The van der Waals surface area contributed by atoms with Crippen molar-refractivity contribution in [2.24, 2.45) is 5.92 Å². The van der Waals surface area contributed by atoms with Crippen molar-refractivity contribution in [3.05, 3.63) is 88.0 Å². The molecule has 0 saturated carbocycles. The number of nitrogens with zero attached hydrogens (tertiary/aromatic N) is 1. The van der Waals surface area contributed by atoms with E-state index in [0.29, 0.717) is 5.92 Å². The van der Waals surface area contributed by atoms with Gasteiger partial charge in [-0.05, 0) is 82.8 Å². The summed E-state index contributed by atoms with van der Waals surface area (Å²) < 4.78 is 6.29. The van der Waals surface area contributed by atoms with Gasteiger partial charge in [0.2, 0.25) is 0 Å². The van der Waals surface area contributed by atoms with Crippen LogP contribution in [0, 0.1) is 16.0 Å². The molecule has 1 aliphatic carbocycles. The molecule has 4 nitrogen and oxygen atoms in total. The highest BCUT2D eigenvalue weighted by atomic mass is 16.6. The van der Waals surface area contributed by atoms with Gasteiger partial charge in [0, 0.05) is 23.1 Å². The van der Waals surface area contributed by atoms with Gasteiger partial charge in [0.05, 0.1) is 11.5 Å². The van der Waals surface area contributed by atoms with E-state index in [1.54, 1.807) is 6.07 Å². The monoisotopic (exact) mass is 525 g/mol. The number of nitro groups is 1. The highest BCUT2D eigenvalue weighted by Crippen LogP contribution is 2.55. The molecule has 0 N–H and O–H groups in total. The summed E-state index contributed by atoms with van der Waals surface area (Å²) >= 11 is 0. The number of benzene rings is 3. The Morgan fingerprint density at radius 1 is 0.897 bits per heavy atom. The Hall–Kier alpha value is -3.40. The maximum atomic E-state index is 11.7. The standard InChI is InChI=1S/C35H43NO3/c1-6-11-12-25(9-4)24-39-34-18-14-27(21-26(34)10-5)28-13-16-30-31-17-15-29(36(37)38)23-33(31)35(19-7-2,20-8-3)32(30)22-28/h10,13-18,21-23,25H,5-9,11-12,19-20,24H2,1-4H3. The van der Waals surface area contributed by atoms with Gasteiger partial charge >= 0.3 is 0 Å². The quantitative estimate of drug-likeness (QED) is 0.155. The second-order valence-corrected chi connectivity index (χ2v) is 11.0. The van der Waals surface area contributed by atoms with Crippen LogP contribution in [0.1, 0.15) is 95.8 Å². The maximum Gasteiger partial charge on any atom is 0.269 e. The molecule has 3 aromatic carbocycles. The number of hydrogen-bond acceptors (Lipinski definition) is 3. The zero-order valence-electron chi connectivity index (χ0n) is 24.1. The van der Waals surface area contributed by atoms with Gasteiger partial charge in [0.15, 0.2) is 0 Å². The fourth-order valence-electron chi connectivity index (χ4n) is 6.42. The molecule has 0 fully saturated rings. The van der Waals surface area contributed by atoms with Crippen LogP contribution < -0.4 is 4.74 Å². The highest BCUT2D eigenvalue weighted by molar-refractivity contribution is 5.85. The van der Waals surface area contributed by atoms with Gasteiger partial charge < -0.3 is 4.74 Å². The Bertz CT molecular complexity index is 1320. The number of rotatable bonds is 14. The van der Waals surface area contributed by atoms with Gasteiger partial charge in [-0.15, -0.1) is 0 Å². The molecule has 0 aliphatic heterocycles. The van der Waals surface area contributed by atoms with Crippen molar-refractivity contribution < 1.29 is 9.66 Å². The van der Waals surface area contributed by atoms with Crippen LogP contribution in [0.15, 0.2) is 61.2 Å². The van der Waals surface area contributed by atoms with Gasteiger partial charge in [-0.1, -0.05) is 90.7 Å². The highest BCUT2D eigenvalue weighted by Gasteiger charge is 2.42. The van der Waals surface area contributed by atoms with E-state index < -0.39 is 0 Å². The zero-order valence-corrected chi connectivity index (χ0v) is 24.1. The minimum Gasteiger partial charge on any atom is -0.493 e. The minimum atomic E-state index is -0.274. The van der Waals surface area contributed by atoms with Crippen LogP contribution in [-0.4, -0.2) is 11.5 Å². The molecule has 1 atom stereocenters. The van der Waals surface area contributed by atoms with Crippen LogP contribution in [0.3, 0.4) is 0 Å². The van der Waals surface area contributed by atoms with Crippen molar-refractivity contribution >= 4 is 11.8 Å². The summed E-state index contributed by atoms with van der Waals surface area (Å²) in [5.41, 5.74) is 7.97. The average Bonchev–Trinajstić information content (AvgIpc) is 3.21. The summed E-state index contributed by atoms with van der Waals surface area (Å²) in [5, 5.41) is 11.7. The Morgan fingerprint density at radius 3 is 2.15 bits per heavy atom. The molecule has 0 heterocycles. The van der Waals surface area contributed by atoms with Gasteiger partial charge in [-0.25, -0.2) is 0 Å². The van der Waals surface area contributed by atoms with E-state index in [1.165, 1.54) is 30.4 Å². The summed E-state index contributed by atoms with van der Waals surface area (Å²) in [5.74, 6) is 1.46. The van der Waals surface area contributed by atoms with Crippen LogP contribution in [-0.2, 0) is 5.41 Å². The lowest BCUT2D eigenvalue weighted by Crippen LogP contribution is -2.25. The van der Waals surface area contributed by atoms with Crippen LogP contribution in [0.5, 0.6) is 5.75 Å². The summed E-state index contributed by atoms with van der Waals surface area (Å²) in [4.78, 5) is 11.4. The second-order valence-electron chi connectivity index (χ2n) is 11.0. The topological polar surface area (TPSA) is 52.4 Å². The summed E-state index contributed by atoms with van der Waals surface area (Å²) in [6, 6.07) is 18.5. The summed E-state index contributed by atoms with van der Waals surface area (Å²) in [6.45, 7) is 13.7. The summed E-state index contributed by atoms with van der Waals surface area (Å²) in [7, 11) is 0. The van der Waals surface area contributed by atoms with Crippen molar-refractivity contribution in [3.8, 4) is 28.0 Å². The molecule has 0 radical (unpaired) electrons. The lowest BCUT2D eigenvalue weighted by atomic mass is 9.71. The van der Waals surface area contributed by atoms with Gasteiger partial charge in [-0.3, -0.25) is 10.1 Å². The largest absolute Gasteiger partial charge is 0.493 e. The van der Waals surface area contributed by atoms with Crippen molar-refractivity contribution in [2.45, 2.75) is 84.5 Å². The Morgan fingerprint density at radius 2 is 1.54 bits per heavy atom. The third kappa shape index (κ3) is 5.66. The lowest BCUT2D eigenvalue weighted by molar-refractivity contribution is -0.384. The number of ether oxygens (including phenoxy) is 1. The third-order valence-corrected chi connectivity index (χ3v) is 8.49. The first-order valence-corrected chi connectivity index (χ1v) is 14.8. The van der Waals surface area contributed by atoms with E-state index in [-0.39, 0.29) is 16.0 Å². The van der Waals surface area contributed by atoms with Crippen molar-refractivity contribution in [1.82, 2.24) is 0 Å². The fourth-order valence-corrected chi connectivity index (χ4v) is 6.42. The summed E-state index contributed by atoms with van der Waals surface area (Å²) in [6.07, 6.45) is 10.6. The molecular formula is C35H43NO3. The minimum absolute atomic E-state index is 0.171. The molecule has 206 valence electrons. The van der Waals surface area contributed by atoms with E-state index in [9.17, 15) is 10.1 Å². The van der Waals surface area contributed by atoms with E-state index in [4.69, 9.17) is 4.74 Å². The molecule has 0 bridgehead atoms. The predicted octanol–water partition coefficient (Wildman–Crippen LogP) is 10.4. The van der Waals surface area contributed by atoms with Gasteiger partial charge in [0.1, 0.15) is 5.75 Å². The van der Waals surface area contributed by atoms with Crippen LogP contribution in [0.4, 0.5) is 5.69 Å². The lowest BCUT2D eigenvalue weighted by Gasteiger charge is -2.32. The first-order valence-electron chi connectivity index (χ1n) is 14.8. The molecule has 4 heteroatoms. The molecule has 0 aromatic heterocycles. The number of fused-ring (bicyclic) bond motifs is 3. The SMILES string of the molecule is C=Cc1cc(-c2ccc3c(c2)C(CCC)(CCC)c2cc([N+](=O)[O-])ccc2-3)ccc1OCC(CC)CCCC. The number of unbranched alkanes of at least 4 members (excludes halogenated alkanes) is 1.